The topological polar surface area (TPSA) is 32.3 Å². The van der Waals surface area contributed by atoms with Crippen LogP contribution >= 0.6 is 23.2 Å². The average molecular weight is 373 g/mol. The van der Waals surface area contributed by atoms with E-state index in [1.807, 2.05) is 36.5 Å². The van der Waals surface area contributed by atoms with Gasteiger partial charge in [-0.25, -0.2) is 0 Å². The summed E-state index contributed by atoms with van der Waals surface area (Å²) in [5.41, 5.74) is 3.24. The van der Waals surface area contributed by atoms with E-state index < -0.39 is 0 Å². The summed E-state index contributed by atoms with van der Waals surface area (Å²) >= 11 is 12.1. The Morgan fingerprint density at radius 2 is 1.68 bits per heavy atom. The molecule has 0 unspecified atom stereocenters. The number of piperazine rings is 1. The Hall–Kier alpha value is -1.88. The first-order chi connectivity index (χ1) is 12.2. The number of aromatic nitrogens is 2. The molecule has 128 valence electrons. The maximum absolute atomic E-state index is 6.18. The van der Waals surface area contributed by atoms with Crippen molar-refractivity contribution >= 4 is 39.8 Å². The molecular formula is C19H18Cl2N4. The molecule has 3 heterocycles. The first-order valence-corrected chi connectivity index (χ1v) is 9.07. The molecule has 0 saturated carbocycles. The highest BCUT2D eigenvalue weighted by molar-refractivity contribution is 6.31. The lowest BCUT2D eigenvalue weighted by molar-refractivity contribution is 0.247. The Morgan fingerprint density at radius 3 is 2.44 bits per heavy atom. The third-order valence-electron chi connectivity index (χ3n) is 4.57. The molecule has 1 aliphatic heterocycles. The normalized spacial score (nSPS) is 15.7. The van der Waals surface area contributed by atoms with Crippen molar-refractivity contribution in [1.29, 1.82) is 0 Å². The number of hydrogen-bond donors (Lipinski definition) is 0. The minimum absolute atomic E-state index is 0.678. The van der Waals surface area contributed by atoms with Crippen molar-refractivity contribution in [2.24, 2.45) is 0 Å². The quantitative estimate of drug-likeness (QED) is 0.687. The molecule has 0 radical (unpaired) electrons. The van der Waals surface area contributed by atoms with Gasteiger partial charge in [0.1, 0.15) is 0 Å². The van der Waals surface area contributed by atoms with Gasteiger partial charge in [0, 0.05) is 61.2 Å². The molecule has 1 fully saturated rings. The van der Waals surface area contributed by atoms with Gasteiger partial charge in [0.25, 0.3) is 0 Å². The van der Waals surface area contributed by atoms with E-state index >= 15 is 0 Å². The fourth-order valence-electron chi connectivity index (χ4n) is 3.26. The molecule has 6 heteroatoms. The molecule has 0 bridgehead atoms. The molecule has 0 N–H and O–H groups in total. The summed E-state index contributed by atoms with van der Waals surface area (Å²) in [4.78, 5) is 13.7. The third kappa shape index (κ3) is 3.71. The van der Waals surface area contributed by atoms with Crippen molar-refractivity contribution in [3.63, 3.8) is 0 Å². The Morgan fingerprint density at radius 1 is 0.880 bits per heavy atom. The number of nitrogens with zero attached hydrogens (tertiary/aromatic N) is 4. The standard InChI is InChI=1S/C19H18Cl2N4/c20-14-2-4-18-17(11-14)19(5-6-22-18)25-9-7-24(8-10-25)13-16-3-1-15(21)12-23-16/h1-6,11-12H,7-10,13H2. The van der Waals surface area contributed by atoms with Crippen LogP contribution in [-0.4, -0.2) is 41.0 Å². The summed E-state index contributed by atoms with van der Waals surface area (Å²) < 4.78 is 0. The van der Waals surface area contributed by atoms with Gasteiger partial charge in [0.15, 0.2) is 0 Å². The lowest BCUT2D eigenvalue weighted by atomic mass is 10.1. The summed E-state index contributed by atoms with van der Waals surface area (Å²) in [5, 5.41) is 2.54. The molecule has 0 atom stereocenters. The van der Waals surface area contributed by atoms with Gasteiger partial charge >= 0.3 is 0 Å². The minimum atomic E-state index is 0.678. The van der Waals surface area contributed by atoms with Crippen LogP contribution in [0.5, 0.6) is 0 Å². The summed E-state index contributed by atoms with van der Waals surface area (Å²) in [6.45, 7) is 4.79. The minimum Gasteiger partial charge on any atom is -0.368 e. The van der Waals surface area contributed by atoms with Gasteiger partial charge in [0.05, 0.1) is 16.2 Å². The second kappa shape index (κ2) is 7.16. The van der Waals surface area contributed by atoms with Gasteiger partial charge in [-0.1, -0.05) is 23.2 Å². The maximum Gasteiger partial charge on any atom is 0.0723 e. The molecule has 0 spiro atoms. The Labute approximate surface area is 157 Å². The van der Waals surface area contributed by atoms with Crippen LogP contribution in [-0.2, 0) is 6.54 Å². The molecule has 1 saturated heterocycles. The highest BCUT2D eigenvalue weighted by atomic mass is 35.5. The molecule has 1 aromatic carbocycles. The largest absolute Gasteiger partial charge is 0.368 e. The fraction of sp³-hybridized carbons (Fsp3) is 0.263. The van der Waals surface area contributed by atoms with Crippen LogP contribution < -0.4 is 4.90 Å². The van der Waals surface area contributed by atoms with E-state index in [2.05, 4.69) is 25.8 Å². The zero-order valence-corrected chi connectivity index (χ0v) is 15.2. The first kappa shape index (κ1) is 16.6. The number of fused-ring (bicyclic) bond motifs is 1. The summed E-state index contributed by atoms with van der Waals surface area (Å²) in [6, 6.07) is 11.8. The molecule has 4 nitrogen and oxygen atoms in total. The van der Waals surface area contributed by atoms with E-state index in [-0.39, 0.29) is 0 Å². The highest BCUT2D eigenvalue weighted by Gasteiger charge is 2.19. The van der Waals surface area contributed by atoms with Gasteiger partial charge in [-0.15, -0.1) is 0 Å². The second-order valence-corrected chi connectivity index (χ2v) is 7.10. The second-order valence-electron chi connectivity index (χ2n) is 6.22. The third-order valence-corrected chi connectivity index (χ3v) is 5.03. The monoisotopic (exact) mass is 372 g/mol. The van der Waals surface area contributed by atoms with Gasteiger partial charge in [-0.2, -0.15) is 0 Å². The molecule has 2 aromatic heterocycles. The van der Waals surface area contributed by atoms with Crippen LogP contribution in [0.15, 0.2) is 48.8 Å². The van der Waals surface area contributed by atoms with Gasteiger partial charge in [-0.3, -0.25) is 14.9 Å². The Balaban J connectivity index is 1.47. The summed E-state index contributed by atoms with van der Waals surface area (Å²) in [5.74, 6) is 0. The predicted molar refractivity (Wildman–Crippen MR) is 103 cm³/mol. The Kier molecular flexibility index (Phi) is 4.75. The smallest absolute Gasteiger partial charge is 0.0723 e. The number of hydrogen-bond acceptors (Lipinski definition) is 4. The van der Waals surface area contributed by atoms with E-state index in [0.717, 1.165) is 54.3 Å². The molecule has 0 aliphatic carbocycles. The van der Waals surface area contributed by atoms with Crippen LogP contribution in [0.25, 0.3) is 10.9 Å². The SMILES string of the molecule is Clc1ccc(CN2CCN(c3ccnc4ccc(Cl)cc34)CC2)nc1. The van der Waals surface area contributed by atoms with E-state index in [9.17, 15) is 0 Å². The van der Waals surface area contributed by atoms with Crippen molar-refractivity contribution < 1.29 is 0 Å². The summed E-state index contributed by atoms with van der Waals surface area (Å²) in [7, 11) is 0. The van der Waals surface area contributed by atoms with Crippen LogP contribution in [0.4, 0.5) is 5.69 Å². The van der Waals surface area contributed by atoms with Gasteiger partial charge < -0.3 is 4.90 Å². The fourth-order valence-corrected chi connectivity index (χ4v) is 3.54. The molecule has 0 amide bonds. The molecule has 4 rings (SSSR count). The zero-order valence-electron chi connectivity index (χ0n) is 13.7. The number of benzene rings is 1. The number of anilines is 1. The van der Waals surface area contributed by atoms with Crippen molar-refractivity contribution in [1.82, 2.24) is 14.9 Å². The molecule has 1 aliphatic rings. The van der Waals surface area contributed by atoms with E-state index in [1.54, 1.807) is 6.20 Å². The van der Waals surface area contributed by atoms with Crippen LogP contribution in [0.3, 0.4) is 0 Å². The lowest BCUT2D eigenvalue weighted by Gasteiger charge is -2.36. The average Bonchev–Trinajstić information content (AvgIpc) is 2.64. The summed E-state index contributed by atoms with van der Waals surface area (Å²) in [6.07, 6.45) is 3.58. The van der Waals surface area contributed by atoms with Crippen LogP contribution in [0.1, 0.15) is 5.69 Å². The van der Waals surface area contributed by atoms with Gasteiger partial charge in [-0.05, 0) is 36.4 Å². The van der Waals surface area contributed by atoms with E-state index in [0.29, 0.717) is 5.02 Å². The number of rotatable bonds is 3. The highest BCUT2D eigenvalue weighted by Crippen LogP contribution is 2.28. The first-order valence-electron chi connectivity index (χ1n) is 8.31. The number of halogens is 2. The van der Waals surface area contributed by atoms with Crippen molar-refractivity contribution in [3.05, 3.63) is 64.5 Å². The molecule has 3 aromatic rings. The van der Waals surface area contributed by atoms with Crippen molar-refractivity contribution in [2.75, 3.05) is 31.1 Å². The molecular weight excluding hydrogens is 355 g/mol. The van der Waals surface area contributed by atoms with Gasteiger partial charge in [0.2, 0.25) is 0 Å². The van der Waals surface area contributed by atoms with Crippen LogP contribution in [0.2, 0.25) is 10.0 Å². The van der Waals surface area contributed by atoms with Crippen molar-refractivity contribution in [2.45, 2.75) is 6.54 Å². The zero-order chi connectivity index (χ0) is 17.2. The maximum atomic E-state index is 6.18. The van der Waals surface area contributed by atoms with Crippen LogP contribution in [0, 0.1) is 0 Å². The van der Waals surface area contributed by atoms with E-state index in [1.165, 1.54) is 5.69 Å². The van der Waals surface area contributed by atoms with E-state index in [4.69, 9.17) is 23.2 Å². The predicted octanol–water partition coefficient (Wildman–Crippen LogP) is 4.26. The number of pyridine rings is 2. The molecule has 25 heavy (non-hydrogen) atoms. The lowest BCUT2D eigenvalue weighted by Crippen LogP contribution is -2.46. The Bertz CT molecular complexity index is 874. The van der Waals surface area contributed by atoms with Crippen molar-refractivity contribution in [3.8, 4) is 0 Å².